The van der Waals surface area contributed by atoms with E-state index in [0.29, 0.717) is 16.4 Å². The summed E-state index contributed by atoms with van der Waals surface area (Å²) < 4.78 is 10.1. The number of carbonyl (C=O) groups excluding carboxylic acids is 3. The van der Waals surface area contributed by atoms with E-state index in [9.17, 15) is 19.6 Å². The third-order valence-electron chi connectivity index (χ3n) is 3.89. The highest BCUT2D eigenvalue weighted by Crippen LogP contribution is 2.39. The van der Waals surface area contributed by atoms with Gasteiger partial charge < -0.3 is 14.8 Å². The maximum atomic E-state index is 12.2. The lowest BCUT2D eigenvalue weighted by molar-refractivity contribution is -0.145. The molecule has 1 atom stereocenters. The SMILES string of the molecule is CCOC(=O)CC(=O)CSC1=C(C#N)[C@H](c2ccccc2OC)CC(=O)N1. The number of benzene rings is 1. The highest BCUT2D eigenvalue weighted by atomic mass is 32.2. The quantitative estimate of drug-likeness (QED) is 0.538. The Balaban J connectivity index is 2.21. The number of ketones is 1. The third-order valence-corrected chi connectivity index (χ3v) is 4.97. The lowest BCUT2D eigenvalue weighted by Crippen LogP contribution is -2.31. The first-order valence-electron chi connectivity index (χ1n) is 8.37. The van der Waals surface area contributed by atoms with Crippen molar-refractivity contribution in [3.63, 3.8) is 0 Å². The molecular formula is C19H20N2O5S. The molecule has 0 fully saturated rings. The normalized spacial score (nSPS) is 16.3. The van der Waals surface area contributed by atoms with E-state index < -0.39 is 11.9 Å². The van der Waals surface area contributed by atoms with E-state index in [-0.39, 0.29) is 36.9 Å². The number of allylic oxidation sites excluding steroid dienone is 1. The van der Waals surface area contributed by atoms with Crippen LogP contribution in [0.5, 0.6) is 5.75 Å². The van der Waals surface area contributed by atoms with Crippen LogP contribution in [-0.2, 0) is 19.1 Å². The molecule has 1 aromatic rings. The number of hydrogen-bond acceptors (Lipinski definition) is 7. The molecule has 0 aromatic heterocycles. The number of thioether (sulfide) groups is 1. The van der Waals surface area contributed by atoms with Crippen molar-refractivity contribution in [3.05, 3.63) is 40.4 Å². The third kappa shape index (κ3) is 5.34. The van der Waals surface area contributed by atoms with Crippen molar-refractivity contribution < 1.29 is 23.9 Å². The number of para-hydroxylation sites is 1. The standard InChI is InChI=1S/C19H20N2O5S/c1-3-26-18(24)8-12(22)11-27-19-15(10-20)14(9-17(23)21-19)13-6-4-5-7-16(13)25-2/h4-7,14H,3,8-9,11H2,1-2H3,(H,21,23)/t14-/m0/s1. The van der Waals surface area contributed by atoms with E-state index in [0.717, 1.165) is 17.3 Å². The minimum Gasteiger partial charge on any atom is -0.496 e. The fourth-order valence-corrected chi connectivity index (χ4v) is 3.67. The molecule has 0 bridgehead atoms. The maximum Gasteiger partial charge on any atom is 0.313 e. The lowest BCUT2D eigenvalue weighted by atomic mass is 9.86. The van der Waals surface area contributed by atoms with Gasteiger partial charge in [0.1, 0.15) is 12.2 Å². The highest BCUT2D eigenvalue weighted by molar-refractivity contribution is 8.03. The Morgan fingerprint density at radius 3 is 2.78 bits per heavy atom. The van der Waals surface area contributed by atoms with E-state index in [1.165, 1.54) is 7.11 Å². The van der Waals surface area contributed by atoms with Crippen molar-refractivity contribution in [2.45, 2.75) is 25.7 Å². The molecule has 1 aliphatic heterocycles. The van der Waals surface area contributed by atoms with Crippen LogP contribution in [0.1, 0.15) is 31.2 Å². The summed E-state index contributed by atoms with van der Waals surface area (Å²) in [5, 5.41) is 12.6. The van der Waals surface area contributed by atoms with E-state index in [4.69, 9.17) is 9.47 Å². The number of hydrogen-bond donors (Lipinski definition) is 1. The highest BCUT2D eigenvalue weighted by Gasteiger charge is 2.31. The van der Waals surface area contributed by atoms with Crippen LogP contribution < -0.4 is 10.1 Å². The van der Waals surface area contributed by atoms with E-state index in [2.05, 4.69) is 11.4 Å². The molecule has 2 rings (SSSR count). The average molecular weight is 388 g/mol. The van der Waals surface area contributed by atoms with Gasteiger partial charge in [-0.05, 0) is 13.0 Å². The van der Waals surface area contributed by atoms with Crippen molar-refractivity contribution in [1.82, 2.24) is 5.32 Å². The van der Waals surface area contributed by atoms with Gasteiger partial charge >= 0.3 is 5.97 Å². The first-order chi connectivity index (χ1) is 13.0. The molecule has 27 heavy (non-hydrogen) atoms. The van der Waals surface area contributed by atoms with Gasteiger partial charge in [-0.1, -0.05) is 30.0 Å². The van der Waals surface area contributed by atoms with Crippen LogP contribution >= 0.6 is 11.8 Å². The first kappa shape index (κ1) is 20.5. The van der Waals surface area contributed by atoms with Crippen molar-refractivity contribution >= 4 is 29.4 Å². The largest absolute Gasteiger partial charge is 0.496 e. The zero-order valence-electron chi connectivity index (χ0n) is 15.1. The van der Waals surface area contributed by atoms with Crippen molar-refractivity contribution in [1.29, 1.82) is 5.26 Å². The molecule has 1 heterocycles. The molecule has 0 saturated heterocycles. The Kier molecular flexibility index (Phi) is 7.44. The Morgan fingerprint density at radius 2 is 2.11 bits per heavy atom. The van der Waals surface area contributed by atoms with Gasteiger partial charge in [0.15, 0.2) is 5.78 Å². The van der Waals surface area contributed by atoms with Crippen LogP contribution in [0, 0.1) is 11.3 Å². The number of nitriles is 1. The van der Waals surface area contributed by atoms with Crippen LogP contribution in [0.15, 0.2) is 34.9 Å². The van der Waals surface area contributed by atoms with Crippen molar-refractivity contribution in [3.8, 4) is 11.8 Å². The summed E-state index contributed by atoms with van der Waals surface area (Å²) >= 11 is 1.04. The summed E-state index contributed by atoms with van der Waals surface area (Å²) in [5.41, 5.74) is 1.11. The fourth-order valence-electron chi connectivity index (χ4n) is 2.73. The molecule has 0 aliphatic carbocycles. The number of carbonyl (C=O) groups is 3. The van der Waals surface area contributed by atoms with Crippen molar-refractivity contribution in [2.75, 3.05) is 19.5 Å². The number of esters is 1. The van der Waals surface area contributed by atoms with Crippen LogP contribution in [-0.4, -0.2) is 37.1 Å². The fraction of sp³-hybridized carbons (Fsp3) is 0.368. The second-order valence-corrected chi connectivity index (χ2v) is 6.70. The van der Waals surface area contributed by atoms with Gasteiger partial charge in [0.05, 0.1) is 36.1 Å². The molecule has 8 heteroatoms. The maximum absolute atomic E-state index is 12.2. The van der Waals surface area contributed by atoms with Gasteiger partial charge in [-0.3, -0.25) is 14.4 Å². The lowest BCUT2D eigenvalue weighted by Gasteiger charge is -2.26. The second-order valence-electron chi connectivity index (χ2n) is 5.71. The summed E-state index contributed by atoms with van der Waals surface area (Å²) in [5.74, 6) is -1.08. The zero-order chi connectivity index (χ0) is 19.8. The Morgan fingerprint density at radius 1 is 1.37 bits per heavy atom. The topological polar surface area (TPSA) is 105 Å². The number of nitrogens with one attached hydrogen (secondary N) is 1. The van der Waals surface area contributed by atoms with Crippen LogP contribution in [0.2, 0.25) is 0 Å². The van der Waals surface area contributed by atoms with Gasteiger partial charge in [0.2, 0.25) is 5.91 Å². The molecule has 0 spiro atoms. The van der Waals surface area contributed by atoms with E-state index in [1.54, 1.807) is 13.0 Å². The van der Waals surface area contributed by atoms with Gasteiger partial charge in [-0.15, -0.1) is 0 Å². The zero-order valence-corrected chi connectivity index (χ0v) is 15.9. The number of Topliss-reactive ketones (excluding diaryl/α,β-unsaturated/α-hetero) is 1. The minimum atomic E-state index is -0.586. The molecule has 1 N–H and O–H groups in total. The molecule has 1 aliphatic rings. The van der Waals surface area contributed by atoms with Crippen LogP contribution in [0.25, 0.3) is 0 Å². The molecule has 7 nitrogen and oxygen atoms in total. The molecule has 1 amide bonds. The van der Waals surface area contributed by atoms with Gasteiger partial charge in [-0.2, -0.15) is 5.26 Å². The Hall–Kier alpha value is -2.79. The van der Waals surface area contributed by atoms with Crippen LogP contribution in [0.4, 0.5) is 0 Å². The Bertz CT molecular complexity index is 813. The summed E-state index contributed by atoms with van der Waals surface area (Å²) in [6.07, 6.45) is -0.218. The van der Waals surface area contributed by atoms with Gasteiger partial charge in [0, 0.05) is 17.9 Å². The average Bonchev–Trinajstić information content (AvgIpc) is 2.66. The molecule has 0 unspecified atom stereocenters. The van der Waals surface area contributed by atoms with E-state index >= 15 is 0 Å². The van der Waals surface area contributed by atoms with Crippen molar-refractivity contribution in [2.24, 2.45) is 0 Å². The van der Waals surface area contributed by atoms with Gasteiger partial charge in [0.25, 0.3) is 0 Å². The number of nitrogens with zero attached hydrogens (tertiary/aromatic N) is 1. The smallest absolute Gasteiger partial charge is 0.313 e. The minimum absolute atomic E-state index is 0.0434. The molecule has 142 valence electrons. The van der Waals surface area contributed by atoms with Crippen LogP contribution in [0.3, 0.4) is 0 Å². The second kappa shape index (κ2) is 9.78. The monoisotopic (exact) mass is 388 g/mol. The number of methoxy groups -OCH3 is 1. The summed E-state index contributed by atoms with van der Waals surface area (Å²) in [7, 11) is 1.53. The predicted molar refractivity (Wildman–Crippen MR) is 99.8 cm³/mol. The molecule has 0 saturated carbocycles. The summed E-state index contributed by atoms with van der Waals surface area (Å²) in [6.45, 7) is 1.87. The molecule has 1 aromatic carbocycles. The predicted octanol–water partition coefficient (Wildman–Crippen LogP) is 2.29. The number of rotatable bonds is 8. The van der Waals surface area contributed by atoms with E-state index in [1.807, 2.05) is 18.2 Å². The molecule has 0 radical (unpaired) electrons. The molecular weight excluding hydrogens is 368 g/mol. The Labute approximate surface area is 161 Å². The summed E-state index contributed by atoms with van der Waals surface area (Å²) in [4.78, 5) is 35.5. The first-order valence-corrected chi connectivity index (χ1v) is 9.35. The number of ether oxygens (including phenoxy) is 2. The number of amides is 1. The summed E-state index contributed by atoms with van der Waals surface area (Å²) in [6, 6.07) is 9.35. The van der Waals surface area contributed by atoms with Gasteiger partial charge in [-0.25, -0.2) is 0 Å².